The monoisotopic (exact) mass is 329 g/mol. The van der Waals surface area contributed by atoms with Crippen molar-refractivity contribution >= 4 is 17.5 Å². The number of hydrogen-bond acceptors (Lipinski definition) is 2. The van der Waals surface area contributed by atoms with E-state index in [1.165, 1.54) is 5.56 Å². The molecular weight excluding hydrogens is 310 g/mol. The molecule has 120 valence electrons. The van der Waals surface area contributed by atoms with Crippen molar-refractivity contribution in [3.63, 3.8) is 0 Å². The first kappa shape index (κ1) is 15.9. The van der Waals surface area contributed by atoms with E-state index >= 15 is 0 Å². The number of carbonyl (C=O) groups is 1. The Kier molecular flexibility index (Phi) is 4.87. The highest BCUT2D eigenvalue weighted by Crippen LogP contribution is 2.29. The molecule has 3 rings (SSSR count). The topological polar surface area (TPSA) is 38.3 Å². The first-order valence-corrected chi connectivity index (χ1v) is 8.25. The van der Waals surface area contributed by atoms with Crippen LogP contribution < -0.4 is 10.1 Å². The van der Waals surface area contributed by atoms with Crippen molar-refractivity contribution in [2.24, 2.45) is 5.92 Å². The van der Waals surface area contributed by atoms with Gasteiger partial charge in [0.15, 0.2) is 0 Å². The van der Waals surface area contributed by atoms with Gasteiger partial charge in [0.05, 0.1) is 5.92 Å². The zero-order valence-electron chi connectivity index (χ0n) is 13.1. The molecule has 0 aromatic heterocycles. The largest absolute Gasteiger partial charge is 0.492 e. The maximum Gasteiger partial charge on any atom is 0.226 e. The molecule has 0 spiro atoms. The highest BCUT2D eigenvalue weighted by atomic mass is 35.5. The van der Waals surface area contributed by atoms with E-state index in [-0.39, 0.29) is 17.7 Å². The normalized spacial score (nSPS) is 17.7. The molecule has 2 aromatic rings. The summed E-state index contributed by atoms with van der Waals surface area (Å²) in [6, 6.07) is 15.7. The van der Waals surface area contributed by atoms with Gasteiger partial charge in [-0.25, -0.2) is 0 Å². The van der Waals surface area contributed by atoms with E-state index < -0.39 is 0 Å². The summed E-state index contributed by atoms with van der Waals surface area (Å²) < 4.78 is 5.68. The van der Waals surface area contributed by atoms with E-state index in [9.17, 15) is 4.79 Å². The summed E-state index contributed by atoms with van der Waals surface area (Å²) in [7, 11) is 0. The van der Waals surface area contributed by atoms with Crippen molar-refractivity contribution in [3.8, 4) is 5.75 Å². The molecule has 23 heavy (non-hydrogen) atoms. The minimum Gasteiger partial charge on any atom is -0.492 e. The lowest BCUT2D eigenvalue weighted by Crippen LogP contribution is -2.38. The van der Waals surface area contributed by atoms with Crippen molar-refractivity contribution < 1.29 is 9.53 Å². The van der Waals surface area contributed by atoms with Gasteiger partial charge in [-0.1, -0.05) is 48.9 Å². The standard InChI is InChI=1S/C19H20ClNO2/c1-13(14-5-3-2-4-6-14)11-21-19(22)16-9-15-10-17(20)7-8-18(15)23-12-16/h2-8,10,13,16H,9,11-12H2,1H3,(H,21,22)/t13-,16+/m0/s1. The molecule has 2 atom stereocenters. The summed E-state index contributed by atoms with van der Waals surface area (Å²) in [4.78, 5) is 12.4. The lowest BCUT2D eigenvalue weighted by atomic mass is 9.95. The number of amides is 1. The minimum atomic E-state index is -0.163. The fraction of sp³-hybridized carbons (Fsp3) is 0.316. The number of rotatable bonds is 4. The van der Waals surface area contributed by atoms with Gasteiger partial charge in [0.1, 0.15) is 12.4 Å². The van der Waals surface area contributed by atoms with E-state index in [2.05, 4.69) is 24.4 Å². The molecule has 0 aliphatic carbocycles. The maximum atomic E-state index is 12.4. The van der Waals surface area contributed by atoms with Gasteiger partial charge < -0.3 is 10.1 Å². The molecule has 1 N–H and O–H groups in total. The highest BCUT2D eigenvalue weighted by Gasteiger charge is 2.26. The second-order valence-electron chi connectivity index (χ2n) is 6.02. The van der Waals surface area contributed by atoms with Gasteiger partial charge in [0.2, 0.25) is 5.91 Å². The van der Waals surface area contributed by atoms with Crippen molar-refractivity contribution in [1.29, 1.82) is 0 Å². The number of benzene rings is 2. The third kappa shape index (κ3) is 3.85. The Morgan fingerprint density at radius 1 is 1.30 bits per heavy atom. The molecule has 1 amide bonds. The third-order valence-electron chi connectivity index (χ3n) is 4.25. The summed E-state index contributed by atoms with van der Waals surface area (Å²) in [5, 5.41) is 3.72. The Hall–Kier alpha value is -2.00. The van der Waals surface area contributed by atoms with Crippen LogP contribution in [0.5, 0.6) is 5.75 Å². The van der Waals surface area contributed by atoms with Crippen LogP contribution in [0.25, 0.3) is 0 Å². The predicted octanol–water partition coefficient (Wildman–Crippen LogP) is 3.81. The van der Waals surface area contributed by atoms with Crippen LogP contribution in [0.1, 0.15) is 24.0 Å². The molecule has 4 heteroatoms. The van der Waals surface area contributed by atoms with E-state index in [4.69, 9.17) is 16.3 Å². The van der Waals surface area contributed by atoms with Crippen molar-refractivity contribution in [1.82, 2.24) is 5.32 Å². The van der Waals surface area contributed by atoms with Crippen molar-refractivity contribution in [2.45, 2.75) is 19.3 Å². The van der Waals surface area contributed by atoms with Gasteiger partial charge in [-0.15, -0.1) is 0 Å². The van der Waals surface area contributed by atoms with Crippen LogP contribution in [0.4, 0.5) is 0 Å². The van der Waals surface area contributed by atoms with E-state index in [0.717, 1.165) is 11.3 Å². The first-order valence-electron chi connectivity index (χ1n) is 7.87. The molecule has 0 radical (unpaired) electrons. The van der Waals surface area contributed by atoms with Crippen molar-refractivity contribution in [2.75, 3.05) is 13.2 Å². The minimum absolute atomic E-state index is 0.0402. The predicted molar refractivity (Wildman–Crippen MR) is 92.0 cm³/mol. The second-order valence-corrected chi connectivity index (χ2v) is 6.46. The average molecular weight is 330 g/mol. The van der Waals surface area contributed by atoms with E-state index in [1.807, 2.05) is 36.4 Å². The Labute approximate surface area is 141 Å². The summed E-state index contributed by atoms with van der Waals surface area (Å²) in [5.41, 5.74) is 2.23. The molecule has 0 saturated heterocycles. The molecular formula is C19H20ClNO2. The van der Waals surface area contributed by atoms with Gasteiger partial charge in [-0.05, 0) is 41.7 Å². The molecule has 1 aliphatic rings. The second kappa shape index (κ2) is 7.05. The Balaban J connectivity index is 1.57. The fourth-order valence-corrected chi connectivity index (χ4v) is 3.02. The summed E-state index contributed by atoms with van der Waals surface area (Å²) in [6.07, 6.45) is 0.668. The SMILES string of the molecule is C[C@@H](CNC(=O)[C@H]1COc2ccc(Cl)cc2C1)c1ccccc1. The van der Waals surface area contributed by atoms with Crippen LogP contribution in [-0.4, -0.2) is 19.1 Å². The number of hydrogen-bond donors (Lipinski definition) is 1. The number of ether oxygens (including phenoxy) is 1. The molecule has 1 heterocycles. The van der Waals surface area contributed by atoms with Gasteiger partial charge >= 0.3 is 0 Å². The lowest BCUT2D eigenvalue weighted by Gasteiger charge is -2.25. The van der Waals surface area contributed by atoms with E-state index in [0.29, 0.717) is 24.6 Å². The van der Waals surface area contributed by atoms with Gasteiger partial charge in [-0.3, -0.25) is 4.79 Å². The lowest BCUT2D eigenvalue weighted by molar-refractivity contribution is -0.126. The van der Waals surface area contributed by atoms with Crippen LogP contribution in [-0.2, 0) is 11.2 Å². The Bertz CT molecular complexity index is 687. The summed E-state index contributed by atoms with van der Waals surface area (Å²) in [5.74, 6) is 0.991. The molecule has 0 saturated carbocycles. The average Bonchev–Trinajstić information content (AvgIpc) is 2.59. The first-order chi connectivity index (χ1) is 11.1. The Morgan fingerprint density at radius 2 is 2.09 bits per heavy atom. The van der Waals surface area contributed by atoms with Crippen LogP contribution in [0.2, 0.25) is 5.02 Å². The summed E-state index contributed by atoms with van der Waals surface area (Å²) >= 11 is 6.02. The van der Waals surface area contributed by atoms with Crippen LogP contribution in [0.3, 0.4) is 0 Å². The zero-order valence-corrected chi connectivity index (χ0v) is 13.8. The zero-order chi connectivity index (χ0) is 16.2. The van der Waals surface area contributed by atoms with Crippen LogP contribution >= 0.6 is 11.6 Å². The number of halogens is 1. The molecule has 2 aromatic carbocycles. The van der Waals surface area contributed by atoms with Crippen LogP contribution in [0, 0.1) is 5.92 Å². The van der Waals surface area contributed by atoms with Gasteiger partial charge in [0.25, 0.3) is 0 Å². The molecule has 0 fully saturated rings. The Morgan fingerprint density at radius 3 is 2.87 bits per heavy atom. The quantitative estimate of drug-likeness (QED) is 0.926. The third-order valence-corrected chi connectivity index (χ3v) is 4.49. The molecule has 0 unspecified atom stereocenters. The fourth-order valence-electron chi connectivity index (χ4n) is 2.83. The van der Waals surface area contributed by atoms with Crippen molar-refractivity contribution in [3.05, 3.63) is 64.7 Å². The van der Waals surface area contributed by atoms with E-state index in [1.54, 1.807) is 0 Å². The number of carbonyl (C=O) groups excluding carboxylic acids is 1. The van der Waals surface area contributed by atoms with Gasteiger partial charge in [-0.2, -0.15) is 0 Å². The number of fused-ring (bicyclic) bond motifs is 1. The number of nitrogens with one attached hydrogen (secondary N) is 1. The van der Waals surface area contributed by atoms with Gasteiger partial charge in [0, 0.05) is 11.6 Å². The van der Waals surface area contributed by atoms with Crippen LogP contribution in [0.15, 0.2) is 48.5 Å². The highest BCUT2D eigenvalue weighted by molar-refractivity contribution is 6.30. The molecule has 3 nitrogen and oxygen atoms in total. The molecule has 1 aliphatic heterocycles. The maximum absolute atomic E-state index is 12.4. The molecule has 0 bridgehead atoms. The smallest absolute Gasteiger partial charge is 0.226 e. The summed E-state index contributed by atoms with van der Waals surface area (Å²) in [6.45, 7) is 3.16.